The van der Waals surface area contributed by atoms with E-state index in [9.17, 15) is 35.9 Å². The first-order valence-corrected chi connectivity index (χ1v) is 11.0. The van der Waals surface area contributed by atoms with E-state index < -0.39 is 52.0 Å². The Balaban J connectivity index is 1.82. The van der Waals surface area contributed by atoms with Crippen LogP contribution in [0.3, 0.4) is 0 Å². The number of amides is 1. The molecule has 0 spiro atoms. The van der Waals surface area contributed by atoms with E-state index in [1.165, 1.54) is 24.3 Å². The van der Waals surface area contributed by atoms with Crippen molar-refractivity contribution in [1.82, 2.24) is 15.1 Å². The number of anilines is 1. The molecule has 1 aromatic heterocycles. The average Bonchev–Trinajstić information content (AvgIpc) is 2.88. The molecule has 0 aliphatic heterocycles. The third-order valence-corrected chi connectivity index (χ3v) is 5.41. The van der Waals surface area contributed by atoms with Gasteiger partial charge in [0.2, 0.25) is 0 Å². The van der Waals surface area contributed by atoms with Crippen molar-refractivity contribution in [3.05, 3.63) is 123 Å². The van der Waals surface area contributed by atoms with E-state index in [1.807, 2.05) is 0 Å². The Morgan fingerprint density at radius 1 is 0.763 bits per heavy atom. The lowest BCUT2D eigenvalue weighted by atomic mass is 10.1. The van der Waals surface area contributed by atoms with Crippen molar-refractivity contribution in [2.24, 2.45) is 0 Å². The van der Waals surface area contributed by atoms with Crippen LogP contribution in [0, 0.1) is 17.5 Å². The predicted molar refractivity (Wildman–Crippen MR) is 126 cm³/mol. The highest BCUT2D eigenvalue weighted by atomic mass is 19.4. The van der Waals surface area contributed by atoms with E-state index in [-0.39, 0.29) is 18.8 Å². The Kier molecular flexibility index (Phi) is 7.51. The van der Waals surface area contributed by atoms with Gasteiger partial charge in [-0.2, -0.15) is 23.0 Å². The van der Waals surface area contributed by atoms with E-state index in [1.54, 1.807) is 0 Å². The van der Waals surface area contributed by atoms with Crippen LogP contribution < -0.4 is 16.2 Å². The number of alkyl halides is 3. The zero-order valence-electron chi connectivity index (χ0n) is 19.3. The second-order valence-corrected chi connectivity index (χ2v) is 8.08. The van der Waals surface area contributed by atoms with Gasteiger partial charge in [-0.25, -0.2) is 13.2 Å². The van der Waals surface area contributed by atoms with Crippen LogP contribution in [0.5, 0.6) is 0 Å². The number of hydrogen-bond acceptors (Lipinski definition) is 4. The summed E-state index contributed by atoms with van der Waals surface area (Å²) in [6, 6.07) is 13.8. The molecule has 38 heavy (non-hydrogen) atoms. The van der Waals surface area contributed by atoms with Crippen molar-refractivity contribution in [2.75, 3.05) is 5.32 Å². The van der Waals surface area contributed by atoms with Gasteiger partial charge in [0.25, 0.3) is 11.5 Å². The van der Waals surface area contributed by atoms with E-state index in [0.717, 1.165) is 48.5 Å². The van der Waals surface area contributed by atoms with Gasteiger partial charge >= 0.3 is 6.18 Å². The third kappa shape index (κ3) is 6.02. The van der Waals surface area contributed by atoms with Crippen molar-refractivity contribution < 1.29 is 31.1 Å². The van der Waals surface area contributed by atoms with Crippen LogP contribution in [0.2, 0.25) is 0 Å². The predicted octanol–water partition coefficient (Wildman–Crippen LogP) is 5.21. The molecule has 0 aliphatic rings. The molecule has 2 N–H and O–H groups in total. The summed E-state index contributed by atoms with van der Waals surface area (Å²) >= 11 is 0. The van der Waals surface area contributed by atoms with Crippen LogP contribution in [0.4, 0.5) is 32.0 Å². The molecule has 0 unspecified atom stereocenters. The van der Waals surface area contributed by atoms with Gasteiger partial charge in [0, 0.05) is 13.1 Å². The summed E-state index contributed by atoms with van der Waals surface area (Å²) in [6.07, 6.45) is -5.18. The standard InChI is InChI=1S/C26H18F6N4O2/c27-17-5-1-15(2-6-17)13-33-22-21(24(37)34-14-16-3-7-18(28)8-4-16)23(26(30,31)32)35-36(25(22)38)20-11-9-19(29)10-12-20/h1-12,33H,13-14H2,(H,34,37). The summed E-state index contributed by atoms with van der Waals surface area (Å²) < 4.78 is 82.8. The Hall–Kier alpha value is -4.61. The third-order valence-electron chi connectivity index (χ3n) is 5.41. The Morgan fingerprint density at radius 3 is 1.74 bits per heavy atom. The molecule has 0 atom stereocenters. The van der Waals surface area contributed by atoms with Gasteiger partial charge in [-0.05, 0) is 59.7 Å². The van der Waals surface area contributed by atoms with Crippen molar-refractivity contribution >= 4 is 11.6 Å². The number of halogens is 6. The SMILES string of the molecule is O=C(NCc1ccc(F)cc1)c1c(C(F)(F)F)nn(-c2ccc(F)cc2)c(=O)c1NCc1ccc(F)cc1. The summed E-state index contributed by atoms with van der Waals surface area (Å²) in [5, 5.41) is 8.27. The molecule has 0 aliphatic carbocycles. The smallest absolute Gasteiger partial charge is 0.376 e. The Morgan fingerprint density at radius 2 is 1.24 bits per heavy atom. The van der Waals surface area contributed by atoms with Gasteiger partial charge < -0.3 is 10.6 Å². The van der Waals surface area contributed by atoms with E-state index in [0.29, 0.717) is 15.8 Å². The van der Waals surface area contributed by atoms with E-state index in [4.69, 9.17) is 0 Å². The van der Waals surface area contributed by atoms with Crippen molar-refractivity contribution in [3.63, 3.8) is 0 Å². The molecule has 1 amide bonds. The summed E-state index contributed by atoms with van der Waals surface area (Å²) in [5.41, 5.74) is -3.95. The maximum Gasteiger partial charge on any atom is 0.436 e. The highest BCUT2D eigenvalue weighted by Gasteiger charge is 2.41. The lowest BCUT2D eigenvalue weighted by molar-refractivity contribution is -0.142. The number of aromatic nitrogens is 2. The monoisotopic (exact) mass is 532 g/mol. The fourth-order valence-corrected chi connectivity index (χ4v) is 3.53. The van der Waals surface area contributed by atoms with Gasteiger partial charge in [0.1, 0.15) is 28.7 Å². The maximum atomic E-state index is 14.2. The summed E-state index contributed by atoms with van der Waals surface area (Å²) in [7, 11) is 0. The number of benzene rings is 3. The van der Waals surface area contributed by atoms with Crippen LogP contribution in [0.25, 0.3) is 5.69 Å². The van der Waals surface area contributed by atoms with Gasteiger partial charge in [0.05, 0.1) is 5.69 Å². The summed E-state index contributed by atoms with van der Waals surface area (Å²) in [5.74, 6) is -3.04. The second-order valence-electron chi connectivity index (χ2n) is 8.08. The molecule has 12 heteroatoms. The van der Waals surface area contributed by atoms with Gasteiger partial charge in [-0.3, -0.25) is 9.59 Å². The number of rotatable bonds is 7. The van der Waals surface area contributed by atoms with E-state index in [2.05, 4.69) is 15.7 Å². The molecule has 0 radical (unpaired) electrons. The molecule has 0 fully saturated rings. The van der Waals surface area contributed by atoms with Gasteiger partial charge in [-0.15, -0.1) is 0 Å². The number of nitrogens with zero attached hydrogens (tertiary/aromatic N) is 2. The van der Waals surface area contributed by atoms with Gasteiger partial charge in [0.15, 0.2) is 5.69 Å². The molecule has 196 valence electrons. The largest absolute Gasteiger partial charge is 0.436 e. The first-order chi connectivity index (χ1) is 18.0. The zero-order chi connectivity index (χ0) is 27.4. The fraction of sp³-hybridized carbons (Fsp3) is 0.115. The lowest BCUT2D eigenvalue weighted by Crippen LogP contribution is -2.35. The summed E-state index contributed by atoms with van der Waals surface area (Å²) in [6.45, 7) is -0.507. The molecule has 3 aromatic carbocycles. The highest BCUT2D eigenvalue weighted by Crippen LogP contribution is 2.33. The topological polar surface area (TPSA) is 76.0 Å². The summed E-state index contributed by atoms with van der Waals surface area (Å²) in [4.78, 5) is 26.4. The van der Waals surface area contributed by atoms with Crippen molar-refractivity contribution in [2.45, 2.75) is 19.3 Å². The quantitative estimate of drug-likeness (QED) is 0.321. The van der Waals surface area contributed by atoms with Crippen molar-refractivity contribution in [1.29, 1.82) is 0 Å². The molecule has 6 nitrogen and oxygen atoms in total. The number of nitrogens with one attached hydrogen (secondary N) is 2. The minimum Gasteiger partial charge on any atom is -0.376 e. The minimum atomic E-state index is -5.18. The van der Waals surface area contributed by atoms with E-state index >= 15 is 0 Å². The first kappa shape index (κ1) is 26.5. The molecule has 0 bridgehead atoms. The molecule has 1 heterocycles. The van der Waals surface area contributed by atoms with Crippen LogP contribution in [-0.2, 0) is 19.3 Å². The molecular formula is C26H18F6N4O2. The maximum absolute atomic E-state index is 14.2. The Bertz CT molecular complexity index is 1500. The molecule has 4 aromatic rings. The van der Waals surface area contributed by atoms with Crippen LogP contribution in [-0.4, -0.2) is 15.7 Å². The Labute approximate surface area is 211 Å². The van der Waals surface area contributed by atoms with Crippen LogP contribution in [0.15, 0.2) is 77.6 Å². The lowest BCUT2D eigenvalue weighted by Gasteiger charge is -2.19. The molecule has 0 saturated heterocycles. The fourth-order valence-electron chi connectivity index (χ4n) is 3.53. The second kappa shape index (κ2) is 10.8. The van der Waals surface area contributed by atoms with Crippen LogP contribution in [0.1, 0.15) is 27.2 Å². The number of hydrogen-bond donors (Lipinski definition) is 2. The zero-order valence-corrected chi connectivity index (χ0v) is 19.3. The number of carbonyl (C=O) groups excluding carboxylic acids is 1. The first-order valence-electron chi connectivity index (χ1n) is 11.0. The highest BCUT2D eigenvalue weighted by molar-refractivity contribution is 6.00. The van der Waals surface area contributed by atoms with Gasteiger partial charge in [-0.1, -0.05) is 24.3 Å². The van der Waals surface area contributed by atoms with Crippen LogP contribution >= 0.6 is 0 Å². The molecular weight excluding hydrogens is 514 g/mol. The normalized spacial score (nSPS) is 11.3. The minimum absolute atomic E-state index is 0.176. The molecule has 0 saturated carbocycles. The average molecular weight is 532 g/mol. The number of carbonyl (C=O) groups is 1. The van der Waals surface area contributed by atoms with Crippen molar-refractivity contribution in [3.8, 4) is 5.69 Å². The molecule has 4 rings (SSSR count).